The molecule has 4 saturated heterocycles. The van der Waals surface area contributed by atoms with Crippen molar-refractivity contribution in [3.05, 3.63) is 0 Å². The maximum Gasteiger partial charge on any atom is 0.0224 e. The molecule has 4 rings (SSSR count). The topological polar surface area (TPSA) is 21.8 Å². The van der Waals surface area contributed by atoms with Gasteiger partial charge >= 0.3 is 0 Å². The lowest BCUT2D eigenvalue weighted by molar-refractivity contribution is 0.0699. The van der Waals surface area contributed by atoms with Crippen molar-refractivity contribution < 1.29 is 0 Å². The van der Waals surface area contributed by atoms with Gasteiger partial charge in [0, 0.05) is 51.9 Å². The van der Waals surface area contributed by atoms with Gasteiger partial charge in [0.1, 0.15) is 0 Å². The Labute approximate surface area is 111 Å². The summed E-state index contributed by atoms with van der Waals surface area (Å²) in [4.78, 5) is 7.67. The number of hydrogen-bond acceptors (Lipinski definition) is 4. The van der Waals surface area contributed by atoms with Crippen LogP contribution in [0.15, 0.2) is 0 Å². The first-order valence-electron chi connectivity index (χ1n) is 7.68. The lowest BCUT2D eigenvalue weighted by Crippen LogP contribution is -2.57. The van der Waals surface area contributed by atoms with E-state index in [1.165, 1.54) is 71.7 Å². The normalized spacial score (nSPS) is 38.2. The highest BCUT2D eigenvalue weighted by atomic mass is 15.3. The molecular formula is C14H28N4. The molecule has 0 saturated carbocycles. The molecule has 4 heteroatoms. The summed E-state index contributed by atoms with van der Waals surface area (Å²) in [6, 6.07) is 0.778. The van der Waals surface area contributed by atoms with E-state index in [9.17, 15) is 0 Å². The molecule has 1 unspecified atom stereocenters. The van der Waals surface area contributed by atoms with Crippen molar-refractivity contribution in [1.29, 1.82) is 0 Å². The summed E-state index contributed by atoms with van der Waals surface area (Å²) in [5.74, 6) is 0.961. The van der Waals surface area contributed by atoms with Gasteiger partial charge in [-0.3, -0.25) is 4.90 Å². The Kier molecular flexibility index (Phi) is 4.19. The standard InChI is InChI=1S/C14H28N4/c1-16-8-10-17(11-9-16)7-4-15-14-12-18-5-2-13(14)3-6-18/h13-15H,2-12H2,1H3. The summed E-state index contributed by atoms with van der Waals surface area (Å²) in [6.45, 7) is 11.4. The second kappa shape index (κ2) is 5.87. The predicted molar refractivity (Wildman–Crippen MR) is 74.9 cm³/mol. The number of likely N-dealkylation sites (N-methyl/N-ethyl adjacent to an activating group) is 1. The summed E-state index contributed by atoms with van der Waals surface area (Å²) in [5.41, 5.74) is 0. The molecule has 0 aromatic rings. The molecule has 0 aliphatic carbocycles. The van der Waals surface area contributed by atoms with Gasteiger partial charge < -0.3 is 15.1 Å². The molecule has 4 fully saturated rings. The van der Waals surface area contributed by atoms with Crippen LogP contribution in [0.25, 0.3) is 0 Å². The minimum atomic E-state index is 0.778. The predicted octanol–water partition coefficient (Wildman–Crippen LogP) is -0.0824. The lowest BCUT2D eigenvalue weighted by atomic mass is 9.84. The van der Waals surface area contributed by atoms with Crippen LogP contribution in [-0.2, 0) is 0 Å². The van der Waals surface area contributed by atoms with Crippen molar-refractivity contribution >= 4 is 0 Å². The number of nitrogens with one attached hydrogen (secondary N) is 1. The summed E-state index contributed by atoms with van der Waals surface area (Å²) in [5, 5.41) is 3.81. The van der Waals surface area contributed by atoms with Crippen LogP contribution in [0.1, 0.15) is 12.8 Å². The molecule has 4 nitrogen and oxygen atoms in total. The highest BCUT2D eigenvalue weighted by molar-refractivity contribution is 4.91. The molecule has 0 spiro atoms. The van der Waals surface area contributed by atoms with E-state index < -0.39 is 0 Å². The molecule has 4 aliphatic heterocycles. The Hall–Kier alpha value is -0.160. The van der Waals surface area contributed by atoms with E-state index in [-0.39, 0.29) is 0 Å². The van der Waals surface area contributed by atoms with Crippen LogP contribution in [0.3, 0.4) is 0 Å². The Morgan fingerprint density at radius 3 is 2.33 bits per heavy atom. The van der Waals surface area contributed by atoms with E-state index in [1.54, 1.807) is 0 Å². The fraction of sp³-hybridized carbons (Fsp3) is 1.00. The zero-order valence-electron chi connectivity index (χ0n) is 11.8. The maximum absolute atomic E-state index is 3.81. The Bertz CT molecular complexity index is 255. The fourth-order valence-electron chi connectivity index (χ4n) is 3.68. The number of fused-ring (bicyclic) bond motifs is 3. The van der Waals surface area contributed by atoms with Gasteiger partial charge in [-0.2, -0.15) is 0 Å². The minimum absolute atomic E-state index is 0.778. The SMILES string of the molecule is CN1CCN(CCNC2CN3CCC2CC3)CC1. The van der Waals surface area contributed by atoms with Crippen molar-refractivity contribution in [3.8, 4) is 0 Å². The molecule has 0 radical (unpaired) electrons. The first-order chi connectivity index (χ1) is 8.81. The highest BCUT2D eigenvalue weighted by Crippen LogP contribution is 2.27. The lowest BCUT2D eigenvalue weighted by Gasteiger charge is -2.45. The van der Waals surface area contributed by atoms with Crippen molar-refractivity contribution in [1.82, 2.24) is 20.0 Å². The maximum atomic E-state index is 3.81. The molecule has 2 bridgehead atoms. The first-order valence-corrected chi connectivity index (χ1v) is 7.68. The molecule has 4 heterocycles. The van der Waals surface area contributed by atoms with E-state index >= 15 is 0 Å². The zero-order valence-corrected chi connectivity index (χ0v) is 11.8. The number of hydrogen-bond donors (Lipinski definition) is 1. The van der Waals surface area contributed by atoms with Gasteiger partial charge in [-0.25, -0.2) is 0 Å². The van der Waals surface area contributed by atoms with E-state index in [4.69, 9.17) is 0 Å². The summed E-state index contributed by atoms with van der Waals surface area (Å²) in [6.07, 6.45) is 2.85. The largest absolute Gasteiger partial charge is 0.311 e. The minimum Gasteiger partial charge on any atom is -0.311 e. The third kappa shape index (κ3) is 3.05. The average molecular weight is 252 g/mol. The third-order valence-corrected chi connectivity index (χ3v) is 5.09. The van der Waals surface area contributed by atoms with Gasteiger partial charge in [-0.05, 0) is 38.9 Å². The summed E-state index contributed by atoms with van der Waals surface area (Å²) in [7, 11) is 2.22. The first kappa shape index (κ1) is 12.9. The van der Waals surface area contributed by atoms with Gasteiger partial charge in [0.15, 0.2) is 0 Å². The van der Waals surface area contributed by atoms with Gasteiger partial charge in [0.25, 0.3) is 0 Å². The molecule has 1 atom stereocenters. The zero-order chi connectivity index (χ0) is 12.4. The Morgan fingerprint density at radius 2 is 1.72 bits per heavy atom. The summed E-state index contributed by atoms with van der Waals surface area (Å²) >= 11 is 0. The summed E-state index contributed by atoms with van der Waals surface area (Å²) < 4.78 is 0. The van der Waals surface area contributed by atoms with E-state index in [0.29, 0.717) is 0 Å². The van der Waals surface area contributed by atoms with Crippen LogP contribution in [-0.4, -0.2) is 86.7 Å². The molecule has 18 heavy (non-hydrogen) atoms. The fourth-order valence-corrected chi connectivity index (χ4v) is 3.68. The molecule has 4 aliphatic rings. The van der Waals surface area contributed by atoms with Crippen LogP contribution in [0, 0.1) is 5.92 Å². The van der Waals surface area contributed by atoms with Crippen molar-refractivity contribution in [2.45, 2.75) is 18.9 Å². The van der Waals surface area contributed by atoms with Crippen LogP contribution in [0.4, 0.5) is 0 Å². The van der Waals surface area contributed by atoms with E-state index in [2.05, 4.69) is 27.1 Å². The highest BCUT2D eigenvalue weighted by Gasteiger charge is 2.33. The quantitative estimate of drug-likeness (QED) is 0.755. The molecule has 0 aromatic carbocycles. The average Bonchev–Trinajstić information content (AvgIpc) is 2.42. The monoisotopic (exact) mass is 252 g/mol. The number of rotatable bonds is 4. The van der Waals surface area contributed by atoms with Gasteiger partial charge in [0.05, 0.1) is 0 Å². The van der Waals surface area contributed by atoms with Crippen LogP contribution in [0.5, 0.6) is 0 Å². The number of piperidine rings is 3. The smallest absolute Gasteiger partial charge is 0.0224 e. The van der Waals surface area contributed by atoms with Crippen molar-refractivity contribution in [3.63, 3.8) is 0 Å². The van der Waals surface area contributed by atoms with Gasteiger partial charge in [0.2, 0.25) is 0 Å². The molecule has 104 valence electrons. The molecule has 0 amide bonds. The second-order valence-electron chi connectivity index (χ2n) is 6.34. The van der Waals surface area contributed by atoms with E-state index in [0.717, 1.165) is 12.0 Å². The second-order valence-corrected chi connectivity index (χ2v) is 6.34. The molecule has 0 aromatic heterocycles. The molecular weight excluding hydrogens is 224 g/mol. The van der Waals surface area contributed by atoms with Crippen LogP contribution in [0.2, 0.25) is 0 Å². The Balaban J connectivity index is 1.35. The molecule has 1 N–H and O–H groups in total. The number of nitrogens with zero attached hydrogens (tertiary/aromatic N) is 3. The van der Waals surface area contributed by atoms with Gasteiger partial charge in [-0.1, -0.05) is 0 Å². The number of piperazine rings is 1. The van der Waals surface area contributed by atoms with Gasteiger partial charge in [-0.15, -0.1) is 0 Å². The third-order valence-electron chi connectivity index (χ3n) is 5.09. The van der Waals surface area contributed by atoms with Crippen molar-refractivity contribution in [2.75, 3.05) is 66.0 Å². The Morgan fingerprint density at radius 1 is 1.00 bits per heavy atom. The van der Waals surface area contributed by atoms with Crippen molar-refractivity contribution in [2.24, 2.45) is 5.92 Å². The van der Waals surface area contributed by atoms with Crippen LogP contribution < -0.4 is 5.32 Å². The van der Waals surface area contributed by atoms with Crippen LogP contribution >= 0.6 is 0 Å². The van der Waals surface area contributed by atoms with E-state index in [1.807, 2.05) is 0 Å².